The summed E-state index contributed by atoms with van der Waals surface area (Å²) in [5, 5.41) is 0. The van der Waals surface area contributed by atoms with Crippen LogP contribution in [-0.2, 0) is 6.42 Å². The second-order valence-corrected chi connectivity index (χ2v) is 5.66. The van der Waals surface area contributed by atoms with Gasteiger partial charge in [0.05, 0.1) is 7.11 Å². The third-order valence-electron chi connectivity index (χ3n) is 4.35. The Kier molecular flexibility index (Phi) is 5.23. The molecule has 0 saturated carbocycles. The maximum atomic E-state index is 5.80. The molecule has 1 aliphatic rings. The van der Waals surface area contributed by atoms with Gasteiger partial charge in [-0.25, -0.2) is 0 Å². The van der Waals surface area contributed by atoms with Gasteiger partial charge in [-0.15, -0.1) is 0 Å². The number of rotatable bonds is 5. The number of nitrogens with two attached hydrogens (primary N) is 1. The highest BCUT2D eigenvalue weighted by Gasteiger charge is 2.24. The van der Waals surface area contributed by atoms with Crippen LogP contribution in [0.5, 0.6) is 5.75 Å². The van der Waals surface area contributed by atoms with E-state index in [9.17, 15) is 0 Å². The molecule has 1 fully saturated rings. The molecule has 2 N–H and O–H groups in total. The molecule has 106 valence electrons. The van der Waals surface area contributed by atoms with Gasteiger partial charge >= 0.3 is 0 Å². The van der Waals surface area contributed by atoms with Crippen molar-refractivity contribution < 1.29 is 4.74 Å². The molecule has 2 unspecified atom stereocenters. The average molecular weight is 262 g/mol. The van der Waals surface area contributed by atoms with Crippen LogP contribution in [0, 0.1) is 11.8 Å². The van der Waals surface area contributed by atoms with Gasteiger partial charge in [0.25, 0.3) is 0 Å². The first-order valence-electron chi connectivity index (χ1n) is 7.28. The first-order valence-corrected chi connectivity index (χ1v) is 7.28. The maximum Gasteiger partial charge on any atom is 0.118 e. The molecule has 0 spiro atoms. The third kappa shape index (κ3) is 3.95. The fraction of sp³-hybridized carbons (Fsp3) is 0.625. The predicted octanol–water partition coefficient (Wildman–Crippen LogP) is 2.15. The average Bonchev–Trinajstić information content (AvgIpc) is 2.46. The van der Waals surface area contributed by atoms with E-state index in [2.05, 4.69) is 24.0 Å². The van der Waals surface area contributed by atoms with Crippen molar-refractivity contribution in [1.29, 1.82) is 0 Å². The van der Waals surface area contributed by atoms with E-state index in [1.807, 2.05) is 12.1 Å². The minimum absolute atomic E-state index is 0.720. The van der Waals surface area contributed by atoms with E-state index in [0.29, 0.717) is 0 Å². The zero-order valence-corrected chi connectivity index (χ0v) is 12.1. The lowest BCUT2D eigenvalue weighted by molar-refractivity contribution is 0.134. The fourth-order valence-electron chi connectivity index (χ4n) is 2.91. The Morgan fingerprint density at radius 2 is 2.05 bits per heavy atom. The monoisotopic (exact) mass is 262 g/mol. The quantitative estimate of drug-likeness (QED) is 0.883. The first-order chi connectivity index (χ1) is 9.22. The van der Waals surface area contributed by atoms with E-state index < -0.39 is 0 Å². The number of hydrogen-bond donors (Lipinski definition) is 1. The number of benzene rings is 1. The molecule has 0 radical (unpaired) electrons. The van der Waals surface area contributed by atoms with Gasteiger partial charge < -0.3 is 15.4 Å². The minimum Gasteiger partial charge on any atom is -0.497 e. The van der Waals surface area contributed by atoms with Gasteiger partial charge in [0.15, 0.2) is 0 Å². The highest BCUT2D eigenvalue weighted by Crippen LogP contribution is 2.22. The fourth-order valence-corrected chi connectivity index (χ4v) is 2.91. The van der Waals surface area contributed by atoms with E-state index in [4.69, 9.17) is 10.5 Å². The Bertz CT molecular complexity index is 377. The van der Waals surface area contributed by atoms with Gasteiger partial charge in [-0.05, 0) is 55.5 Å². The van der Waals surface area contributed by atoms with Crippen LogP contribution in [0.25, 0.3) is 0 Å². The van der Waals surface area contributed by atoms with Crippen molar-refractivity contribution in [3.8, 4) is 5.75 Å². The Morgan fingerprint density at radius 3 is 2.63 bits per heavy atom. The molecule has 0 aliphatic carbocycles. The van der Waals surface area contributed by atoms with Crippen LogP contribution in [0.15, 0.2) is 24.3 Å². The second-order valence-electron chi connectivity index (χ2n) is 5.66. The summed E-state index contributed by atoms with van der Waals surface area (Å²) in [5.74, 6) is 2.38. The molecule has 19 heavy (non-hydrogen) atoms. The van der Waals surface area contributed by atoms with E-state index >= 15 is 0 Å². The molecule has 3 nitrogen and oxygen atoms in total. The van der Waals surface area contributed by atoms with Crippen LogP contribution in [-0.4, -0.2) is 38.2 Å². The molecular formula is C16H26N2O. The molecule has 2 rings (SSSR count). The Morgan fingerprint density at radius 1 is 1.32 bits per heavy atom. The standard InChI is InChI=1S/C16H26N2O/c1-13-12-18(10-8-15(13)11-17)9-7-14-3-5-16(19-2)6-4-14/h3-6,13,15H,7-12,17H2,1-2H3. The van der Waals surface area contributed by atoms with Crippen LogP contribution < -0.4 is 10.5 Å². The SMILES string of the molecule is COc1ccc(CCN2CCC(CN)C(C)C2)cc1. The highest BCUT2D eigenvalue weighted by molar-refractivity contribution is 5.27. The van der Waals surface area contributed by atoms with Crippen LogP contribution in [0.4, 0.5) is 0 Å². The van der Waals surface area contributed by atoms with Crippen molar-refractivity contribution in [2.24, 2.45) is 17.6 Å². The Labute approximate surface area is 116 Å². The van der Waals surface area contributed by atoms with Crippen LogP contribution in [0.3, 0.4) is 0 Å². The number of piperidine rings is 1. The predicted molar refractivity (Wildman–Crippen MR) is 79.5 cm³/mol. The lowest BCUT2D eigenvalue weighted by atomic mass is 9.87. The molecule has 1 aromatic rings. The molecule has 1 aliphatic heterocycles. The molecule has 1 heterocycles. The summed E-state index contributed by atoms with van der Waals surface area (Å²) in [6.07, 6.45) is 2.37. The Hall–Kier alpha value is -1.06. The molecule has 0 aromatic heterocycles. The maximum absolute atomic E-state index is 5.80. The van der Waals surface area contributed by atoms with Crippen LogP contribution in [0.2, 0.25) is 0 Å². The summed E-state index contributed by atoms with van der Waals surface area (Å²) < 4.78 is 5.18. The van der Waals surface area contributed by atoms with Gasteiger partial charge in [-0.3, -0.25) is 0 Å². The van der Waals surface area contributed by atoms with Gasteiger partial charge in [-0.2, -0.15) is 0 Å². The summed E-state index contributed by atoms with van der Waals surface area (Å²) in [6, 6.07) is 8.40. The number of hydrogen-bond acceptors (Lipinski definition) is 3. The molecular weight excluding hydrogens is 236 g/mol. The van der Waals surface area contributed by atoms with Crippen molar-refractivity contribution in [2.45, 2.75) is 19.8 Å². The third-order valence-corrected chi connectivity index (χ3v) is 4.35. The summed E-state index contributed by atoms with van der Waals surface area (Å²) in [4.78, 5) is 2.57. The van der Waals surface area contributed by atoms with Crippen LogP contribution in [0.1, 0.15) is 18.9 Å². The molecule has 1 aromatic carbocycles. The largest absolute Gasteiger partial charge is 0.497 e. The minimum atomic E-state index is 0.720. The topological polar surface area (TPSA) is 38.5 Å². The van der Waals surface area contributed by atoms with Crippen molar-refractivity contribution in [2.75, 3.05) is 33.3 Å². The molecule has 2 atom stereocenters. The van der Waals surface area contributed by atoms with Gasteiger partial charge in [0.2, 0.25) is 0 Å². The summed E-state index contributed by atoms with van der Waals surface area (Å²) >= 11 is 0. The molecule has 0 bridgehead atoms. The normalized spacial score (nSPS) is 24.4. The lowest BCUT2D eigenvalue weighted by Crippen LogP contribution is -2.42. The van der Waals surface area contributed by atoms with Crippen molar-refractivity contribution in [3.63, 3.8) is 0 Å². The zero-order valence-electron chi connectivity index (χ0n) is 12.1. The van der Waals surface area contributed by atoms with Crippen LogP contribution >= 0.6 is 0 Å². The molecule has 0 amide bonds. The zero-order chi connectivity index (χ0) is 13.7. The van der Waals surface area contributed by atoms with Gasteiger partial charge in [-0.1, -0.05) is 19.1 Å². The smallest absolute Gasteiger partial charge is 0.118 e. The number of likely N-dealkylation sites (tertiary alicyclic amines) is 1. The summed E-state index contributed by atoms with van der Waals surface area (Å²) in [7, 11) is 1.71. The van der Waals surface area contributed by atoms with Crippen molar-refractivity contribution in [3.05, 3.63) is 29.8 Å². The van der Waals surface area contributed by atoms with Crippen molar-refractivity contribution in [1.82, 2.24) is 4.90 Å². The lowest BCUT2D eigenvalue weighted by Gasteiger charge is -2.36. The first kappa shape index (κ1) is 14.4. The van der Waals surface area contributed by atoms with E-state index in [1.54, 1.807) is 7.11 Å². The van der Waals surface area contributed by atoms with E-state index in [1.165, 1.54) is 25.1 Å². The van der Waals surface area contributed by atoms with Crippen molar-refractivity contribution >= 4 is 0 Å². The molecule has 3 heteroatoms. The Balaban J connectivity index is 1.79. The summed E-state index contributed by atoms with van der Waals surface area (Å²) in [6.45, 7) is 6.71. The molecule has 1 saturated heterocycles. The van der Waals surface area contributed by atoms with Gasteiger partial charge in [0, 0.05) is 13.1 Å². The highest BCUT2D eigenvalue weighted by atomic mass is 16.5. The van der Waals surface area contributed by atoms with Gasteiger partial charge in [0.1, 0.15) is 5.75 Å². The van der Waals surface area contributed by atoms with E-state index in [-0.39, 0.29) is 0 Å². The summed E-state index contributed by atoms with van der Waals surface area (Å²) in [5.41, 5.74) is 7.18. The number of nitrogens with zero attached hydrogens (tertiary/aromatic N) is 1. The van der Waals surface area contributed by atoms with E-state index in [0.717, 1.165) is 37.1 Å². The second kappa shape index (κ2) is 6.92. The number of ether oxygens (including phenoxy) is 1. The number of methoxy groups -OCH3 is 1.